The van der Waals surface area contributed by atoms with Gasteiger partial charge in [0.15, 0.2) is 5.75 Å². The predicted molar refractivity (Wildman–Crippen MR) is 76.9 cm³/mol. The first-order valence-electron chi connectivity index (χ1n) is 6.61. The van der Waals surface area contributed by atoms with E-state index in [9.17, 15) is 0 Å². The van der Waals surface area contributed by atoms with Crippen LogP contribution in [-0.4, -0.2) is 49.5 Å². The third kappa shape index (κ3) is 3.02. The fourth-order valence-electron chi connectivity index (χ4n) is 2.20. The van der Waals surface area contributed by atoms with Gasteiger partial charge in [0.2, 0.25) is 0 Å². The zero-order chi connectivity index (χ0) is 14.5. The smallest absolute Gasteiger partial charge is 0.161 e. The third-order valence-electron chi connectivity index (χ3n) is 3.26. The summed E-state index contributed by atoms with van der Waals surface area (Å²) in [6.07, 6.45) is 5.17. The highest BCUT2D eigenvalue weighted by Gasteiger charge is 2.23. The lowest BCUT2D eigenvalue weighted by molar-refractivity contribution is 0.360. The van der Waals surface area contributed by atoms with Crippen LogP contribution < -0.4 is 10.1 Å². The van der Waals surface area contributed by atoms with Gasteiger partial charge >= 0.3 is 0 Å². The van der Waals surface area contributed by atoms with Crippen LogP contribution in [0.1, 0.15) is 17.3 Å². The number of ether oxygens (including phenoxy) is 1. The molecular formula is C14H22N4O2. The number of methoxy groups -OCH3 is 1. The maximum Gasteiger partial charge on any atom is 0.161 e. The summed E-state index contributed by atoms with van der Waals surface area (Å²) in [6, 6.07) is 1.94. The van der Waals surface area contributed by atoms with Crippen LogP contribution in [0.3, 0.4) is 0 Å². The van der Waals surface area contributed by atoms with Crippen molar-refractivity contribution < 1.29 is 9.15 Å². The molecule has 1 N–H and O–H groups in total. The minimum atomic E-state index is -0.00615. The molecule has 0 saturated carbocycles. The lowest BCUT2D eigenvalue weighted by Crippen LogP contribution is -2.25. The second-order valence-corrected chi connectivity index (χ2v) is 4.90. The minimum absolute atomic E-state index is 0.00615. The summed E-state index contributed by atoms with van der Waals surface area (Å²) < 4.78 is 12.6. The van der Waals surface area contributed by atoms with Crippen molar-refractivity contribution in [1.29, 1.82) is 0 Å². The molecule has 6 heteroatoms. The Kier molecular flexibility index (Phi) is 4.81. The first-order valence-corrected chi connectivity index (χ1v) is 6.61. The SMILES string of the molecule is CNC(c1ccoc1)c1c(OC)cnn1CCN(C)C. The van der Waals surface area contributed by atoms with Crippen LogP contribution in [-0.2, 0) is 6.54 Å². The van der Waals surface area contributed by atoms with Crippen molar-refractivity contribution in [3.63, 3.8) is 0 Å². The number of likely N-dealkylation sites (N-methyl/N-ethyl adjacent to an activating group) is 1. The van der Waals surface area contributed by atoms with E-state index in [1.54, 1.807) is 25.8 Å². The highest BCUT2D eigenvalue weighted by molar-refractivity contribution is 5.35. The molecule has 0 radical (unpaired) electrons. The predicted octanol–water partition coefficient (Wildman–Crippen LogP) is 1.36. The Morgan fingerprint density at radius 1 is 1.50 bits per heavy atom. The van der Waals surface area contributed by atoms with Crippen molar-refractivity contribution in [2.24, 2.45) is 0 Å². The van der Waals surface area contributed by atoms with Crippen LogP contribution in [0.4, 0.5) is 0 Å². The highest BCUT2D eigenvalue weighted by atomic mass is 16.5. The number of nitrogens with one attached hydrogen (secondary N) is 1. The van der Waals surface area contributed by atoms with Gasteiger partial charge in [-0.1, -0.05) is 0 Å². The van der Waals surface area contributed by atoms with Gasteiger partial charge in [-0.05, 0) is 27.2 Å². The standard InChI is InChI=1S/C14H22N4O2/c1-15-13(11-5-8-20-10-11)14-12(19-4)9-16-18(14)7-6-17(2)3/h5,8-10,13,15H,6-7H2,1-4H3. The van der Waals surface area contributed by atoms with Gasteiger partial charge in [0.1, 0.15) is 5.69 Å². The van der Waals surface area contributed by atoms with E-state index < -0.39 is 0 Å². The van der Waals surface area contributed by atoms with E-state index >= 15 is 0 Å². The third-order valence-corrected chi connectivity index (χ3v) is 3.26. The molecule has 2 rings (SSSR count). The lowest BCUT2D eigenvalue weighted by Gasteiger charge is -2.19. The summed E-state index contributed by atoms with van der Waals surface area (Å²) in [6.45, 7) is 1.72. The highest BCUT2D eigenvalue weighted by Crippen LogP contribution is 2.29. The molecule has 2 aromatic heterocycles. The second kappa shape index (κ2) is 6.58. The van der Waals surface area contributed by atoms with Crippen LogP contribution in [0.2, 0.25) is 0 Å². The summed E-state index contributed by atoms with van der Waals surface area (Å²) in [5, 5.41) is 7.73. The fourth-order valence-corrected chi connectivity index (χ4v) is 2.20. The molecule has 0 aliphatic carbocycles. The number of nitrogens with zero attached hydrogens (tertiary/aromatic N) is 3. The largest absolute Gasteiger partial charge is 0.493 e. The minimum Gasteiger partial charge on any atom is -0.493 e. The first kappa shape index (κ1) is 14.6. The van der Waals surface area contributed by atoms with Crippen LogP contribution in [0.25, 0.3) is 0 Å². The number of aromatic nitrogens is 2. The van der Waals surface area contributed by atoms with E-state index in [1.807, 2.05) is 31.9 Å². The lowest BCUT2D eigenvalue weighted by atomic mass is 10.1. The molecule has 0 bridgehead atoms. The molecule has 20 heavy (non-hydrogen) atoms. The molecule has 110 valence electrons. The van der Waals surface area contributed by atoms with E-state index in [1.165, 1.54) is 0 Å². The zero-order valence-electron chi connectivity index (χ0n) is 12.5. The van der Waals surface area contributed by atoms with Crippen molar-refractivity contribution >= 4 is 0 Å². The van der Waals surface area contributed by atoms with E-state index in [2.05, 4.69) is 15.3 Å². The Bertz CT molecular complexity index is 519. The zero-order valence-corrected chi connectivity index (χ0v) is 12.5. The van der Waals surface area contributed by atoms with Crippen LogP contribution in [0.5, 0.6) is 5.75 Å². The maximum atomic E-state index is 5.45. The van der Waals surface area contributed by atoms with Crippen molar-refractivity contribution in [2.75, 3.05) is 34.8 Å². The molecule has 0 fully saturated rings. The van der Waals surface area contributed by atoms with Crippen LogP contribution >= 0.6 is 0 Å². The summed E-state index contributed by atoms with van der Waals surface area (Å²) in [5.41, 5.74) is 2.07. The van der Waals surface area contributed by atoms with E-state index in [-0.39, 0.29) is 6.04 Å². The number of hydrogen-bond acceptors (Lipinski definition) is 5. The van der Waals surface area contributed by atoms with Crippen molar-refractivity contribution in [3.05, 3.63) is 36.0 Å². The molecule has 1 atom stereocenters. The number of hydrogen-bond donors (Lipinski definition) is 1. The molecule has 0 aliphatic heterocycles. The Morgan fingerprint density at radius 3 is 2.85 bits per heavy atom. The Balaban J connectivity index is 2.34. The Hall–Kier alpha value is -1.79. The average molecular weight is 278 g/mol. The van der Waals surface area contributed by atoms with E-state index in [4.69, 9.17) is 9.15 Å². The topological polar surface area (TPSA) is 55.5 Å². The molecule has 0 amide bonds. The van der Waals surface area contributed by atoms with E-state index in [0.29, 0.717) is 0 Å². The van der Waals surface area contributed by atoms with Gasteiger partial charge in [-0.25, -0.2) is 0 Å². The molecule has 2 heterocycles. The summed E-state index contributed by atoms with van der Waals surface area (Å²) in [7, 11) is 7.68. The second-order valence-electron chi connectivity index (χ2n) is 4.90. The average Bonchev–Trinajstić information content (AvgIpc) is 3.07. The molecular weight excluding hydrogens is 256 g/mol. The van der Waals surface area contributed by atoms with Gasteiger partial charge in [-0.3, -0.25) is 4.68 Å². The van der Waals surface area contributed by atoms with Crippen molar-refractivity contribution in [1.82, 2.24) is 20.0 Å². The van der Waals surface area contributed by atoms with Gasteiger partial charge < -0.3 is 19.4 Å². The number of rotatable bonds is 7. The van der Waals surface area contributed by atoms with Gasteiger partial charge in [0.25, 0.3) is 0 Å². The Morgan fingerprint density at radius 2 is 2.30 bits per heavy atom. The van der Waals surface area contributed by atoms with Crippen molar-refractivity contribution in [3.8, 4) is 5.75 Å². The van der Waals surface area contributed by atoms with E-state index in [0.717, 1.165) is 30.1 Å². The molecule has 1 unspecified atom stereocenters. The molecule has 6 nitrogen and oxygen atoms in total. The Labute approximate surface area is 119 Å². The number of furan rings is 1. The van der Waals surface area contributed by atoms with Gasteiger partial charge in [0.05, 0.1) is 38.4 Å². The quantitative estimate of drug-likeness (QED) is 0.828. The fraction of sp³-hybridized carbons (Fsp3) is 0.500. The van der Waals surface area contributed by atoms with Crippen molar-refractivity contribution in [2.45, 2.75) is 12.6 Å². The molecule has 2 aromatic rings. The maximum absolute atomic E-state index is 5.45. The summed E-state index contributed by atoms with van der Waals surface area (Å²) in [5.74, 6) is 0.782. The van der Waals surface area contributed by atoms with Gasteiger partial charge in [-0.15, -0.1) is 0 Å². The summed E-state index contributed by atoms with van der Waals surface area (Å²) >= 11 is 0. The first-order chi connectivity index (χ1) is 9.67. The molecule has 0 saturated heterocycles. The summed E-state index contributed by atoms with van der Waals surface area (Å²) in [4.78, 5) is 2.13. The molecule has 0 aliphatic rings. The molecule has 0 spiro atoms. The van der Waals surface area contributed by atoms with Crippen LogP contribution in [0.15, 0.2) is 29.2 Å². The normalized spacial score (nSPS) is 12.8. The van der Waals surface area contributed by atoms with Gasteiger partial charge in [0, 0.05) is 12.1 Å². The monoisotopic (exact) mass is 278 g/mol. The van der Waals surface area contributed by atoms with Gasteiger partial charge in [-0.2, -0.15) is 5.10 Å². The molecule has 0 aromatic carbocycles. The van der Waals surface area contributed by atoms with Crippen LogP contribution in [0, 0.1) is 0 Å².